The van der Waals surface area contributed by atoms with Crippen molar-refractivity contribution in [2.75, 3.05) is 13.7 Å². The fourth-order valence-corrected chi connectivity index (χ4v) is 2.38. The van der Waals surface area contributed by atoms with E-state index in [1.54, 1.807) is 7.11 Å². The molecule has 2 N–H and O–H groups in total. The zero-order valence-corrected chi connectivity index (χ0v) is 13.2. The average Bonchev–Trinajstić information content (AvgIpc) is 2.84. The molecular weight excluding hydrogens is 272 g/mol. The topological polar surface area (TPSA) is 57.4 Å². The molecule has 1 heterocycles. The molecule has 0 radical (unpaired) electrons. The molecule has 20 heavy (non-hydrogen) atoms. The first-order chi connectivity index (χ1) is 9.43. The van der Waals surface area contributed by atoms with Crippen LogP contribution in [0.1, 0.15) is 43.5 Å². The maximum absolute atomic E-state index is 5.80. The Kier molecular flexibility index (Phi) is 4.60. The van der Waals surface area contributed by atoms with E-state index in [0.29, 0.717) is 17.5 Å². The number of aryl methyl sites for hydroxylation is 2. The lowest BCUT2D eigenvalue weighted by Gasteiger charge is -2.22. The van der Waals surface area contributed by atoms with Crippen LogP contribution in [0.4, 0.5) is 0 Å². The van der Waals surface area contributed by atoms with Gasteiger partial charge in [0.2, 0.25) is 5.88 Å². The highest BCUT2D eigenvalue weighted by atomic mass is 32.1. The van der Waals surface area contributed by atoms with E-state index in [-0.39, 0.29) is 5.60 Å². The molecule has 1 aromatic heterocycles. The summed E-state index contributed by atoms with van der Waals surface area (Å²) in [6, 6.07) is 2.04. The Morgan fingerprint density at radius 1 is 1.45 bits per heavy atom. The molecular formula is C15H22N2O2S. The van der Waals surface area contributed by atoms with Crippen LogP contribution in [0.2, 0.25) is 0 Å². The van der Waals surface area contributed by atoms with E-state index in [0.717, 1.165) is 36.9 Å². The summed E-state index contributed by atoms with van der Waals surface area (Å²) in [7, 11) is 1.70. The second-order valence-corrected chi connectivity index (χ2v) is 6.17. The lowest BCUT2D eigenvalue weighted by Crippen LogP contribution is -2.25. The monoisotopic (exact) mass is 294 g/mol. The maximum Gasteiger partial charge on any atom is 0.224 e. The molecule has 2 rings (SSSR count). The lowest BCUT2D eigenvalue weighted by atomic mass is 10.1. The molecule has 0 spiro atoms. The highest BCUT2D eigenvalue weighted by Crippen LogP contribution is 2.27. The molecule has 0 aromatic carbocycles. The van der Waals surface area contributed by atoms with Gasteiger partial charge in [-0.2, -0.15) is 0 Å². The number of fused-ring (bicyclic) bond motifs is 1. The summed E-state index contributed by atoms with van der Waals surface area (Å²) in [6.07, 6.45) is 3.97. The second-order valence-electron chi connectivity index (χ2n) is 5.73. The van der Waals surface area contributed by atoms with Gasteiger partial charge in [0.15, 0.2) is 0 Å². The summed E-state index contributed by atoms with van der Waals surface area (Å²) >= 11 is 5.10. The molecule has 5 heteroatoms. The molecule has 0 atom stereocenters. The molecule has 1 aliphatic rings. The van der Waals surface area contributed by atoms with E-state index in [4.69, 9.17) is 27.4 Å². The highest BCUT2D eigenvalue weighted by molar-refractivity contribution is 7.80. The normalized spacial score (nSPS) is 14.2. The molecule has 1 aromatic rings. The van der Waals surface area contributed by atoms with E-state index in [1.807, 2.05) is 19.9 Å². The number of pyridine rings is 1. The van der Waals surface area contributed by atoms with Crippen molar-refractivity contribution in [2.24, 2.45) is 5.73 Å². The van der Waals surface area contributed by atoms with Crippen molar-refractivity contribution in [1.82, 2.24) is 4.98 Å². The number of hydrogen-bond donors (Lipinski definition) is 1. The van der Waals surface area contributed by atoms with Gasteiger partial charge in [0.1, 0.15) is 4.99 Å². The number of hydrogen-bond acceptors (Lipinski definition) is 4. The zero-order valence-electron chi connectivity index (χ0n) is 12.4. The van der Waals surface area contributed by atoms with Crippen molar-refractivity contribution in [3.63, 3.8) is 0 Å². The quantitative estimate of drug-likeness (QED) is 0.816. The number of thiocarbonyl (C=S) groups is 1. The molecule has 0 amide bonds. The van der Waals surface area contributed by atoms with Crippen molar-refractivity contribution in [1.29, 1.82) is 0 Å². The van der Waals surface area contributed by atoms with Gasteiger partial charge >= 0.3 is 0 Å². The summed E-state index contributed by atoms with van der Waals surface area (Å²) < 4.78 is 11.2. The van der Waals surface area contributed by atoms with Gasteiger partial charge in [0.25, 0.3) is 0 Å². The fourth-order valence-electron chi connectivity index (χ4n) is 2.24. The predicted molar refractivity (Wildman–Crippen MR) is 83.3 cm³/mol. The Morgan fingerprint density at radius 3 is 2.85 bits per heavy atom. The lowest BCUT2D eigenvalue weighted by molar-refractivity contribution is 0.00506. The Balaban J connectivity index is 2.12. The van der Waals surface area contributed by atoms with Gasteiger partial charge in [-0.05, 0) is 44.7 Å². The van der Waals surface area contributed by atoms with Crippen LogP contribution in [0.25, 0.3) is 0 Å². The minimum Gasteiger partial charge on any atom is -0.477 e. The van der Waals surface area contributed by atoms with E-state index in [1.165, 1.54) is 5.56 Å². The molecule has 0 fully saturated rings. The third-order valence-corrected chi connectivity index (χ3v) is 4.00. The van der Waals surface area contributed by atoms with Crippen molar-refractivity contribution >= 4 is 17.2 Å². The number of aromatic nitrogens is 1. The van der Waals surface area contributed by atoms with Crippen LogP contribution in [0.5, 0.6) is 5.88 Å². The number of methoxy groups -OCH3 is 1. The number of nitrogens with zero attached hydrogens (tertiary/aromatic N) is 1. The van der Waals surface area contributed by atoms with E-state index >= 15 is 0 Å². The minimum atomic E-state index is -0.208. The third kappa shape index (κ3) is 3.46. The molecule has 1 aliphatic carbocycles. The molecule has 0 saturated heterocycles. The first-order valence-corrected chi connectivity index (χ1v) is 7.34. The van der Waals surface area contributed by atoms with Gasteiger partial charge < -0.3 is 15.2 Å². The van der Waals surface area contributed by atoms with E-state index < -0.39 is 0 Å². The van der Waals surface area contributed by atoms with Crippen LogP contribution in [-0.2, 0) is 17.6 Å². The summed E-state index contributed by atoms with van der Waals surface area (Å²) in [5.41, 5.74) is 8.68. The fraction of sp³-hybridized carbons (Fsp3) is 0.600. The molecule has 4 nitrogen and oxygen atoms in total. The van der Waals surface area contributed by atoms with Crippen LogP contribution in [0, 0.1) is 0 Å². The van der Waals surface area contributed by atoms with Gasteiger partial charge in [-0.1, -0.05) is 12.2 Å². The predicted octanol–water partition coefficient (Wildman–Crippen LogP) is 2.40. The summed E-state index contributed by atoms with van der Waals surface area (Å²) in [5.74, 6) is 0.560. The average molecular weight is 294 g/mol. The first-order valence-electron chi connectivity index (χ1n) is 6.93. The van der Waals surface area contributed by atoms with Crippen LogP contribution in [0.15, 0.2) is 6.07 Å². The smallest absolute Gasteiger partial charge is 0.224 e. The summed E-state index contributed by atoms with van der Waals surface area (Å²) in [4.78, 5) is 4.93. The number of ether oxygens (including phenoxy) is 2. The van der Waals surface area contributed by atoms with E-state index in [2.05, 4.69) is 4.98 Å². The highest BCUT2D eigenvalue weighted by Gasteiger charge is 2.20. The Hall–Kier alpha value is -1.20. The van der Waals surface area contributed by atoms with Crippen LogP contribution < -0.4 is 10.5 Å². The zero-order chi connectivity index (χ0) is 14.8. The largest absolute Gasteiger partial charge is 0.477 e. The third-order valence-electron chi connectivity index (χ3n) is 3.78. The standard InChI is InChI=1S/C15H22N2O2S/c1-15(2,18-3)7-8-19-14-11(13(16)20)9-10-5-4-6-12(10)17-14/h9H,4-8H2,1-3H3,(H2,16,20). The molecule has 0 bridgehead atoms. The maximum atomic E-state index is 5.80. The van der Waals surface area contributed by atoms with Crippen LogP contribution in [-0.4, -0.2) is 29.3 Å². The van der Waals surface area contributed by atoms with Crippen LogP contribution in [0.3, 0.4) is 0 Å². The Morgan fingerprint density at radius 2 is 2.20 bits per heavy atom. The van der Waals surface area contributed by atoms with E-state index in [9.17, 15) is 0 Å². The summed E-state index contributed by atoms with van der Waals surface area (Å²) in [5, 5.41) is 0. The summed E-state index contributed by atoms with van der Waals surface area (Å²) in [6.45, 7) is 4.59. The van der Waals surface area contributed by atoms with Gasteiger partial charge in [0, 0.05) is 19.2 Å². The SMILES string of the molecule is COC(C)(C)CCOc1nc2c(cc1C(N)=S)CCC2. The molecule has 0 aliphatic heterocycles. The molecule has 0 saturated carbocycles. The Bertz CT molecular complexity index is 515. The van der Waals surface area contributed by atoms with Gasteiger partial charge in [0.05, 0.1) is 17.8 Å². The molecule has 110 valence electrons. The molecule has 0 unspecified atom stereocenters. The van der Waals surface area contributed by atoms with Crippen molar-refractivity contribution in [2.45, 2.75) is 45.1 Å². The first kappa shape index (κ1) is 15.2. The van der Waals surface area contributed by atoms with Gasteiger partial charge in [-0.25, -0.2) is 4.98 Å². The van der Waals surface area contributed by atoms with Gasteiger partial charge in [-0.3, -0.25) is 0 Å². The van der Waals surface area contributed by atoms with Crippen molar-refractivity contribution in [3.8, 4) is 5.88 Å². The van der Waals surface area contributed by atoms with Gasteiger partial charge in [-0.15, -0.1) is 0 Å². The number of rotatable bonds is 6. The van der Waals surface area contributed by atoms with Crippen LogP contribution >= 0.6 is 12.2 Å². The second kappa shape index (κ2) is 6.06. The van der Waals surface area contributed by atoms with Crippen molar-refractivity contribution in [3.05, 3.63) is 22.9 Å². The Labute approximate surface area is 125 Å². The van der Waals surface area contributed by atoms with Crippen molar-refractivity contribution < 1.29 is 9.47 Å². The minimum absolute atomic E-state index is 0.208. The number of nitrogens with two attached hydrogens (primary N) is 1.